The van der Waals surface area contributed by atoms with Crippen molar-refractivity contribution in [1.29, 1.82) is 0 Å². The lowest BCUT2D eigenvalue weighted by molar-refractivity contribution is 0.0657. The van der Waals surface area contributed by atoms with Crippen molar-refractivity contribution in [2.45, 2.75) is 44.3 Å². The predicted octanol–water partition coefficient (Wildman–Crippen LogP) is 3.73. The summed E-state index contributed by atoms with van der Waals surface area (Å²) in [6, 6.07) is 11.5. The molecular weight excluding hydrogens is 395 g/mol. The van der Waals surface area contributed by atoms with Crippen LogP contribution in [-0.4, -0.2) is 46.9 Å². The summed E-state index contributed by atoms with van der Waals surface area (Å²) in [5, 5.41) is 6.50. The number of nitrogens with zero attached hydrogens (tertiary/aromatic N) is 2. The lowest BCUT2D eigenvalue weighted by Crippen LogP contribution is -2.51. The minimum absolute atomic E-state index is 0.0442. The van der Waals surface area contributed by atoms with Gasteiger partial charge in [-0.25, -0.2) is 9.18 Å². The van der Waals surface area contributed by atoms with Crippen LogP contribution in [-0.2, 0) is 13.1 Å². The fourth-order valence-electron chi connectivity index (χ4n) is 5.02. The highest BCUT2D eigenvalue weighted by Crippen LogP contribution is 2.31. The van der Waals surface area contributed by atoms with Crippen LogP contribution < -0.4 is 10.6 Å². The monoisotopic (exact) mass is 422 g/mol. The van der Waals surface area contributed by atoms with Crippen LogP contribution in [0.1, 0.15) is 47.2 Å². The Morgan fingerprint density at radius 1 is 0.935 bits per heavy atom. The van der Waals surface area contributed by atoms with E-state index in [1.54, 1.807) is 35.2 Å². The van der Waals surface area contributed by atoms with Gasteiger partial charge in [-0.2, -0.15) is 0 Å². The molecule has 3 heterocycles. The number of urea groups is 1. The molecule has 2 N–H and O–H groups in total. The number of amides is 3. The molecule has 0 atom stereocenters. The molecular formula is C24H27FN4O2. The van der Waals surface area contributed by atoms with Crippen LogP contribution in [0.5, 0.6) is 0 Å². The van der Waals surface area contributed by atoms with Gasteiger partial charge in [0.15, 0.2) is 0 Å². The first kappa shape index (κ1) is 20.0. The SMILES string of the molecule is O=C(Nc1ccc(C(=O)N2CCC3(CCCN3)CC2)cc1)N1Cc2ccc(F)cc2C1. The van der Waals surface area contributed by atoms with E-state index in [1.807, 2.05) is 4.90 Å². The normalized spacial score (nSPS) is 19.5. The number of nitrogens with one attached hydrogen (secondary N) is 2. The summed E-state index contributed by atoms with van der Waals surface area (Å²) in [6.45, 7) is 3.49. The van der Waals surface area contributed by atoms with E-state index in [1.165, 1.54) is 25.0 Å². The Morgan fingerprint density at radius 3 is 2.39 bits per heavy atom. The van der Waals surface area contributed by atoms with Gasteiger partial charge in [-0.15, -0.1) is 0 Å². The molecule has 0 bridgehead atoms. The average Bonchev–Trinajstić information content (AvgIpc) is 3.41. The minimum Gasteiger partial charge on any atom is -0.339 e. The van der Waals surface area contributed by atoms with Crippen molar-refractivity contribution >= 4 is 17.6 Å². The van der Waals surface area contributed by atoms with E-state index < -0.39 is 0 Å². The zero-order chi connectivity index (χ0) is 21.4. The first-order chi connectivity index (χ1) is 15.0. The molecule has 3 aliphatic rings. The van der Waals surface area contributed by atoms with Crippen molar-refractivity contribution in [3.8, 4) is 0 Å². The third kappa shape index (κ3) is 4.02. The fraction of sp³-hybridized carbons (Fsp3) is 0.417. The molecule has 2 saturated heterocycles. The van der Waals surface area contributed by atoms with Crippen molar-refractivity contribution in [2.24, 2.45) is 0 Å². The van der Waals surface area contributed by atoms with Crippen LogP contribution in [0.4, 0.5) is 14.9 Å². The van der Waals surface area contributed by atoms with Gasteiger partial charge in [-0.1, -0.05) is 6.07 Å². The Balaban J connectivity index is 1.17. The van der Waals surface area contributed by atoms with Crippen molar-refractivity contribution in [3.63, 3.8) is 0 Å². The molecule has 162 valence electrons. The maximum Gasteiger partial charge on any atom is 0.322 e. The van der Waals surface area contributed by atoms with Crippen molar-refractivity contribution in [1.82, 2.24) is 15.1 Å². The number of carbonyl (C=O) groups is 2. The minimum atomic E-state index is -0.287. The number of carbonyl (C=O) groups excluding carboxylic acids is 2. The summed E-state index contributed by atoms with van der Waals surface area (Å²) >= 11 is 0. The van der Waals surface area contributed by atoms with Gasteiger partial charge in [-0.05, 0) is 79.8 Å². The van der Waals surface area contributed by atoms with Crippen molar-refractivity contribution in [3.05, 3.63) is 65.0 Å². The second-order valence-electron chi connectivity index (χ2n) is 8.88. The second-order valence-corrected chi connectivity index (χ2v) is 8.88. The van der Waals surface area contributed by atoms with Gasteiger partial charge in [0.2, 0.25) is 0 Å². The van der Waals surface area contributed by atoms with E-state index in [2.05, 4.69) is 10.6 Å². The average molecular weight is 423 g/mol. The molecule has 0 aliphatic carbocycles. The summed E-state index contributed by atoms with van der Waals surface area (Å²) in [4.78, 5) is 29.0. The molecule has 2 fully saturated rings. The van der Waals surface area contributed by atoms with Gasteiger partial charge in [0.25, 0.3) is 5.91 Å². The van der Waals surface area contributed by atoms with Crippen LogP contribution in [0.2, 0.25) is 0 Å². The summed E-state index contributed by atoms with van der Waals surface area (Å²) in [5.41, 5.74) is 3.32. The van der Waals surface area contributed by atoms with Gasteiger partial charge in [-0.3, -0.25) is 4.79 Å². The van der Waals surface area contributed by atoms with Gasteiger partial charge >= 0.3 is 6.03 Å². The highest BCUT2D eigenvalue weighted by Gasteiger charge is 2.37. The Bertz CT molecular complexity index is 991. The molecule has 31 heavy (non-hydrogen) atoms. The zero-order valence-corrected chi connectivity index (χ0v) is 17.5. The number of piperidine rings is 1. The largest absolute Gasteiger partial charge is 0.339 e. The van der Waals surface area contributed by atoms with Gasteiger partial charge in [0, 0.05) is 43.0 Å². The number of rotatable bonds is 2. The van der Waals surface area contributed by atoms with E-state index in [4.69, 9.17) is 0 Å². The Morgan fingerprint density at radius 2 is 1.68 bits per heavy atom. The lowest BCUT2D eigenvalue weighted by Gasteiger charge is -2.39. The molecule has 0 saturated carbocycles. The summed E-state index contributed by atoms with van der Waals surface area (Å²) < 4.78 is 13.4. The van der Waals surface area contributed by atoms with Crippen LogP contribution in [0.15, 0.2) is 42.5 Å². The molecule has 0 aromatic heterocycles. The van der Waals surface area contributed by atoms with Crippen LogP contribution in [0.3, 0.4) is 0 Å². The molecule has 0 radical (unpaired) electrons. The van der Waals surface area contributed by atoms with Crippen LogP contribution >= 0.6 is 0 Å². The van der Waals surface area contributed by atoms with Crippen molar-refractivity contribution in [2.75, 3.05) is 25.0 Å². The summed E-state index contributed by atoms with van der Waals surface area (Å²) in [7, 11) is 0. The first-order valence-electron chi connectivity index (χ1n) is 11.0. The van der Waals surface area contributed by atoms with E-state index >= 15 is 0 Å². The Hall–Kier alpha value is -2.93. The quantitative estimate of drug-likeness (QED) is 0.775. The number of anilines is 1. The molecule has 3 amide bonds. The summed E-state index contributed by atoms with van der Waals surface area (Å²) in [6.07, 6.45) is 4.45. The van der Waals surface area contributed by atoms with Crippen LogP contribution in [0.25, 0.3) is 0 Å². The van der Waals surface area contributed by atoms with Gasteiger partial charge in [0.05, 0.1) is 0 Å². The summed E-state index contributed by atoms with van der Waals surface area (Å²) in [5.74, 6) is -0.243. The molecule has 6 nitrogen and oxygen atoms in total. The maximum atomic E-state index is 13.4. The Kier molecular flexibility index (Phi) is 5.14. The van der Waals surface area contributed by atoms with E-state index in [-0.39, 0.29) is 23.3 Å². The molecule has 0 unspecified atom stereocenters. The predicted molar refractivity (Wildman–Crippen MR) is 116 cm³/mol. The topological polar surface area (TPSA) is 64.7 Å². The highest BCUT2D eigenvalue weighted by molar-refractivity contribution is 5.95. The second kappa shape index (κ2) is 7.96. The fourth-order valence-corrected chi connectivity index (χ4v) is 5.02. The number of hydrogen-bond acceptors (Lipinski definition) is 3. The first-order valence-corrected chi connectivity index (χ1v) is 11.0. The van der Waals surface area contributed by atoms with Crippen molar-refractivity contribution < 1.29 is 14.0 Å². The smallest absolute Gasteiger partial charge is 0.322 e. The van der Waals surface area contributed by atoms with Gasteiger partial charge in [0.1, 0.15) is 5.82 Å². The lowest BCUT2D eigenvalue weighted by atomic mass is 9.86. The Labute approximate surface area is 181 Å². The third-order valence-corrected chi connectivity index (χ3v) is 6.90. The zero-order valence-electron chi connectivity index (χ0n) is 17.5. The standard InChI is InChI=1S/C24H27FN4O2/c25-20-5-2-18-15-29(16-19(18)14-20)23(31)27-21-6-3-17(4-7-21)22(30)28-12-9-24(10-13-28)8-1-11-26-24/h2-7,14,26H,1,8-13,15-16H2,(H,27,31). The molecule has 7 heteroatoms. The van der Waals surface area contributed by atoms with E-state index in [0.717, 1.165) is 43.6 Å². The van der Waals surface area contributed by atoms with E-state index in [0.29, 0.717) is 24.3 Å². The molecule has 2 aromatic rings. The maximum absolute atomic E-state index is 13.4. The number of likely N-dealkylation sites (tertiary alicyclic amines) is 1. The molecule has 5 rings (SSSR count). The molecule has 1 spiro atoms. The number of hydrogen-bond donors (Lipinski definition) is 2. The number of halogens is 1. The third-order valence-electron chi connectivity index (χ3n) is 6.90. The molecule has 3 aliphatic heterocycles. The van der Waals surface area contributed by atoms with Crippen LogP contribution in [0, 0.1) is 5.82 Å². The highest BCUT2D eigenvalue weighted by atomic mass is 19.1. The number of benzene rings is 2. The molecule has 2 aromatic carbocycles. The number of fused-ring (bicyclic) bond motifs is 1. The van der Waals surface area contributed by atoms with Gasteiger partial charge < -0.3 is 20.4 Å². The van der Waals surface area contributed by atoms with E-state index in [9.17, 15) is 14.0 Å².